The second-order valence-corrected chi connectivity index (χ2v) is 6.78. The minimum absolute atomic E-state index is 0.00793. The summed E-state index contributed by atoms with van der Waals surface area (Å²) in [5.41, 5.74) is 0.584. The summed E-state index contributed by atoms with van der Waals surface area (Å²) < 4.78 is 10.7. The second-order valence-electron chi connectivity index (χ2n) is 6.78. The van der Waals surface area contributed by atoms with Crippen molar-refractivity contribution in [1.82, 2.24) is 19.9 Å². The zero-order valence-corrected chi connectivity index (χ0v) is 14.5. The molecule has 0 aliphatic carbocycles. The third-order valence-corrected chi connectivity index (χ3v) is 4.84. The minimum atomic E-state index is -1.47. The van der Waals surface area contributed by atoms with E-state index in [1.807, 2.05) is 0 Å². The minimum Gasteiger partial charge on any atom is -0.388 e. The van der Waals surface area contributed by atoms with Crippen LogP contribution >= 0.6 is 0 Å². The van der Waals surface area contributed by atoms with Crippen molar-refractivity contribution in [2.24, 2.45) is 0 Å². The van der Waals surface area contributed by atoms with Gasteiger partial charge in [0.1, 0.15) is 48.2 Å². The number of H-pyrrole nitrogens is 1. The summed E-state index contributed by atoms with van der Waals surface area (Å²) in [6.07, 6.45) is -9.06. The van der Waals surface area contributed by atoms with E-state index in [1.165, 1.54) is 6.33 Å². The van der Waals surface area contributed by atoms with Crippen LogP contribution in [0.1, 0.15) is 11.9 Å². The third kappa shape index (κ3) is 3.31. The number of fused-ring (bicyclic) bond motifs is 1. The second kappa shape index (κ2) is 7.46. The van der Waals surface area contributed by atoms with Crippen LogP contribution in [0.3, 0.4) is 0 Å². The molecule has 4 rings (SSSR count). The summed E-state index contributed by atoms with van der Waals surface area (Å²) in [5.74, 6) is 0.132. The number of aliphatic hydroxyl groups excluding tert-OH is 6. The van der Waals surface area contributed by atoms with E-state index in [-0.39, 0.29) is 30.5 Å². The van der Waals surface area contributed by atoms with Gasteiger partial charge in [0.15, 0.2) is 23.5 Å². The number of rotatable bonds is 3. The maximum atomic E-state index is 10.2. The van der Waals surface area contributed by atoms with Crippen LogP contribution in [0.25, 0.3) is 11.2 Å². The van der Waals surface area contributed by atoms with E-state index < -0.39 is 49.0 Å². The standard InChI is InChI=1S/C15H21N5O8/c21-4-1-27-11(9(25)7(4)23)14-18-12-6(16-3-17-12)13(19-14)20-15-10(26)8(24)5(22)2-28-15/h3-5,7-11,15,21-26H,1-2H2,(H2,16,17,18,19,20)/t4-,5-,7-,8-,9-,10-,11?,15?/m1/s1. The molecule has 2 fully saturated rings. The molecule has 0 bridgehead atoms. The molecule has 2 saturated heterocycles. The lowest BCUT2D eigenvalue weighted by Gasteiger charge is -2.36. The van der Waals surface area contributed by atoms with Crippen molar-refractivity contribution in [3.8, 4) is 0 Å². The molecule has 8 atom stereocenters. The van der Waals surface area contributed by atoms with E-state index in [1.54, 1.807) is 0 Å². The first-order chi connectivity index (χ1) is 13.4. The van der Waals surface area contributed by atoms with Crippen molar-refractivity contribution in [3.05, 3.63) is 12.2 Å². The van der Waals surface area contributed by atoms with Gasteiger partial charge in [0, 0.05) is 0 Å². The van der Waals surface area contributed by atoms with Gasteiger partial charge in [-0.3, -0.25) is 0 Å². The number of imidazole rings is 1. The van der Waals surface area contributed by atoms with Crippen LogP contribution in [-0.4, -0.2) is 107 Å². The Hall–Kier alpha value is -1.97. The first-order valence-electron chi connectivity index (χ1n) is 8.66. The number of aromatic amines is 1. The number of hydrogen-bond acceptors (Lipinski definition) is 12. The van der Waals surface area contributed by atoms with Gasteiger partial charge in [-0.15, -0.1) is 0 Å². The monoisotopic (exact) mass is 399 g/mol. The maximum absolute atomic E-state index is 10.2. The van der Waals surface area contributed by atoms with Gasteiger partial charge in [0.05, 0.1) is 19.5 Å². The Balaban J connectivity index is 1.65. The number of aliphatic hydroxyl groups is 6. The smallest absolute Gasteiger partial charge is 0.183 e. The van der Waals surface area contributed by atoms with Gasteiger partial charge < -0.3 is 50.4 Å². The van der Waals surface area contributed by atoms with Crippen LogP contribution in [0.15, 0.2) is 6.33 Å². The molecule has 2 aliphatic rings. The van der Waals surface area contributed by atoms with E-state index in [0.29, 0.717) is 5.52 Å². The normalized spacial score (nSPS) is 39.2. The third-order valence-electron chi connectivity index (χ3n) is 4.84. The molecular formula is C15H21N5O8. The van der Waals surface area contributed by atoms with Gasteiger partial charge in [-0.25, -0.2) is 15.0 Å². The van der Waals surface area contributed by atoms with Crippen LogP contribution in [0.4, 0.5) is 5.82 Å². The molecule has 0 aromatic carbocycles. The first kappa shape index (κ1) is 19.4. The Kier molecular flexibility index (Phi) is 5.15. The van der Waals surface area contributed by atoms with Crippen molar-refractivity contribution in [3.63, 3.8) is 0 Å². The highest BCUT2D eigenvalue weighted by Gasteiger charge is 2.41. The summed E-state index contributed by atoms with van der Waals surface area (Å²) >= 11 is 0. The fourth-order valence-electron chi connectivity index (χ4n) is 3.18. The predicted octanol–water partition coefficient (Wildman–Crippen LogP) is -3.64. The molecule has 8 N–H and O–H groups in total. The summed E-state index contributed by atoms with van der Waals surface area (Å²) in [7, 11) is 0. The van der Waals surface area contributed by atoms with Gasteiger partial charge in [-0.2, -0.15) is 0 Å². The molecule has 13 heteroatoms. The average molecular weight is 399 g/mol. The maximum Gasteiger partial charge on any atom is 0.183 e. The Morgan fingerprint density at radius 1 is 0.893 bits per heavy atom. The largest absolute Gasteiger partial charge is 0.388 e. The van der Waals surface area contributed by atoms with E-state index in [2.05, 4.69) is 25.3 Å². The molecule has 154 valence electrons. The molecule has 2 unspecified atom stereocenters. The Morgan fingerprint density at radius 2 is 1.57 bits per heavy atom. The lowest BCUT2D eigenvalue weighted by atomic mass is 9.99. The van der Waals surface area contributed by atoms with Gasteiger partial charge in [-0.05, 0) is 0 Å². The van der Waals surface area contributed by atoms with Crippen LogP contribution < -0.4 is 5.32 Å². The van der Waals surface area contributed by atoms with Crippen LogP contribution in [0.2, 0.25) is 0 Å². The van der Waals surface area contributed by atoms with Gasteiger partial charge in [0.25, 0.3) is 0 Å². The van der Waals surface area contributed by atoms with Crippen molar-refractivity contribution in [2.75, 3.05) is 18.5 Å². The van der Waals surface area contributed by atoms with Crippen molar-refractivity contribution < 1.29 is 40.1 Å². The first-order valence-corrected chi connectivity index (χ1v) is 8.66. The number of hydrogen-bond donors (Lipinski definition) is 8. The van der Waals surface area contributed by atoms with Crippen molar-refractivity contribution >= 4 is 17.0 Å². The number of aromatic nitrogens is 4. The predicted molar refractivity (Wildman–Crippen MR) is 89.8 cm³/mol. The molecule has 0 saturated carbocycles. The molecule has 2 aliphatic heterocycles. The molecule has 0 radical (unpaired) electrons. The Morgan fingerprint density at radius 3 is 2.32 bits per heavy atom. The lowest BCUT2D eigenvalue weighted by Crippen LogP contribution is -2.55. The lowest BCUT2D eigenvalue weighted by molar-refractivity contribution is -0.191. The van der Waals surface area contributed by atoms with Crippen molar-refractivity contribution in [1.29, 1.82) is 0 Å². The van der Waals surface area contributed by atoms with Gasteiger partial charge in [0.2, 0.25) is 0 Å². The van der Waals surface area contributed by atoms with Crippen LogP contribution in [0, 0.1) is 0 Å². The quantitative estimate of drug-likeness (QED) is 0.251. The molecule has 4 heterocycles. The Labute approximate surface area is 157 Å². The number of nitrogens with one attached hydrogen (secondary N) is 2. The summed E-state index contributed by atoms with van der Waals surface area (Å²) in [5, 5.41) is 62.0. The van der Waals surface area contributed by atoms with Crippen LogP contribution in [0.5, 0.6) is 0 Å². The SMILES string of the molecule is O[C@@H]1[C@H](O)COC(Nc2nc(C3OC[C@@H](O)[C@@H](O)[C@H]3O)nc3nc[nH]c23)[C@@H]1O. The molecule has 0 spiro atoms. The summed E-state index contributed by atoms with van der Waals surface area (Å²) in [4.78, 5) is 15.4. The Bertz CT molecular complexity index is 836. The highest BCUT2D eigenvalue weighted by molar-refractivity contribution is 5.82. The molecule has 2 aromatic heterocycles. The van der Waals surface area contributed by atoms with E-state index in [0.717, 1.165) is 0 Å². The topological polar surface area (TPSA) is 206 Å². The summed E-state index contributed by atoms with van der Waals surface area (Å²) in [6.45, 7) is -0.420. The number of ether oxygens (including phenoxy) is 2. The average Bonchev–Trinajstić information content (AvgIpc) is 3.15. The molecule has 13 nitrogen and oxygen atoms in total. The van der Waals surface area contributed by atoms with E-state index in [4.69, 9.17) is 9.47 Å². The molecule has 28 heavy (non-hydrogen) atoms. The fourth-order valence-corrected chi connectivity index (χ4v) is 3.18. The fraction of sp³-hybridized carbons (Fsp3) is 0.667. The van der Waals surface area contributed by atoms with E-state index >= 15 is 0 Å². The molecular weight excluding hydrogens is 378 g/mol. The zero-order valence-electron chi connectivity index (χ0n) is 14.5. The van der Waals surface area contributed by atoms with Crippen LogP contribution in [-0.2, 0) is 9.47 Å². The molecule has 2 aromatic rings. The van der Waals surface area contributed by atoms with Gasteiger partial charge >= 0.3 is 0 Å². The highest BCUT2D eigenvalue weighted by atomic mass is 16.5. The van der Waals surface area contributed by atoms with Gasteiger partial charge in [-0.1, -0.05) is 0 Å². The summed E-state index contributed by atoms with van der Waals surface area (Å²) in [6, 6.07) is 0. The molecule has 0 amide bonds. The number of anilines is 1. The van der Waals surface area contributed by atoms with E-state index in [9.17, 15) is 30.6 Å². The highest BCUT2D eigenvalue weighted by Crippen LogP contribution is 2.30. The number of nitrogens with zero attached hydrogens (tertiary/aromatic N) is 3. The van der Waals surface area contributed by atoms with Crippen molar-refractivity contribution in [2.45, 2.75) is 49.0 Å². The zero-order chi connectivity index (χ0) is 20.0.